The van der Waals surface area contributed by atoms with E-state index in [1.54, 1.807) is 68.6 Å². The Hall–Kier alpha value is -3.55. The van der Waals surface area contributed by atoms with Crippen molar-refractivity contribution in [2.45, 2.75) is 6.42 Å². The van der Waals surface area contributed by atoms with Gasteiger partial charge in [-0.15, -0.1) is 0 Å². The average Bonchev–Trinajstić information content (AvgIpc) is 3.14. The topological polar surface area (TPSA) is 88.2 Å². The van der Waals surface area contributed by atoms with Gasteiger partial charge in [-0.25, -0.2) is 0 Å². The fraction of sp³-hybridized carbons (Fsp3) is 0.318. The molecule has 0 unspecified atom stereocenters. The van der Waals surface area contributed by atoms with Crippen molar-refractivity contribution in [2.75, 3.05) is 45.1 Å². The lowest BCUT2D eigenvalue weighted by Gasteiger charge is -2.20. The molecule has 30 heavy (non-hydrogen) atoms. The Morgan fingerprint density at radius 3 is 2.37 bits per heavy atom. The minimum absolute atomic E-state index is 0.101. The van der Waals surface area contributed by atoms with E-state index in [2.05, 4.69) is 5.32 Å². The van der Waals surface area contributed by atoms with E-state index in [4.69, 9.17) is 9.47 Å². The molecule has 0 spiro atoms. The molecule has 1 saturated heterocycles. The summed E-state index contributed by atoms with van der Waals surface area (Å²) in [5.74, 6) is 0.104. The van der Waals surface area contributed by atoms with Crippen LogP contribution in [-0.4, -0.2) is 57.5 Å². The first-order chi connectivity index (χ1) is 14.3. The molecular formula is C22H25N3O5. The van der Waals surface area contributed by atoms with Crippen LogP contribution in [0.1, 0.15) is 16.8 Å². The largest absolute Gasteiger partial charge is 0.497 e. The van der Waals surface area contributed by atoms with Gasteiger partial charge in [-0.05, 0) is 36.4 Å². The molecule has 3 rings (SSSR count). The van der Waals surface area contributed by atoms with Crippen LogP contribution in [0.3, 0.4) is 0 Å². The van der Waals surface area contributed by atoms with Gasteiger partial charge in [0.1, 0.15) is 11.5 Å². The fourth-order valence-corrected chi connectivity index (χ4v) is 3.32. The zero-order valence-corrected chi connectivity index (χ0v) is 17.5. The number of nitrogens with zero attached hydrogens (tertiary/aromatic N) is 2. The molecule has 8 nitrogen and oxygen atoms in total. The maximum atomic E-state index is 12.7. The third-order valence-corrected chi connectivity index (χ3v) is 4.98. The highest BCUT2D eigenvalue weighted by Crippen LogP contribution is 2.36. The van der Waals surface area contributed by atoms with E-state index in [9.17, 15) is 14.4 Å². The highest BCUT2D eigenvalue weighted by Gasteiger charge is 2.36. The predicted molar refractivity (Wildman–Crippen MR) is 113 cm³/mol. The molecule has 0 radical (unpaired) electrons. The third-order valence-electron chi connectivity index (χ3n) is 4.98. The minimum atomic E-state index is -0.503. The number of hydrogen-bond acceptors (Lipinski definition) is 5. The zero-order valence-electron chi connectivity index (χ0n) is 17.5. The molecule has 1 atom stereocenters. The van der Waals surface area contributed by atoms with Gasteiger partial charge in [-0.2, -0.15) is 0 Å². The fourth-order valence-electron chi connectivity index (χ4n) is 3.32. The highest BCUT2D eigenvalue weighted by atomic mass is 16.5. The van der Waals surface area contributed by atoms with Gasteiger partial charge in [0.15, 0.2) is 0 Å². The molecule has 8 heteroatoms. The van der Waals surface area contributed by atoms with Crippen molar-refractivity contribution < 1.29 is 23.9 Å². The van der Waals surface area contributed by atoms with Crippen LogP contribution in [0.5, 0.6) is 11.5 Å². The second kappa shape index (κ2) is 8.86. The second-order valence-corrected chi connectivity index (χ2v) is 7.21. The Kier molecular flexibility index (Phi) is 6.25. The molecule has 158 valence electrons. The van der Waals surface area contributed by atoms with Crippen LogP contribution in [0, 0.1) is 5.92 Å². The quantitative estimate of drug-likeness (QED) is 0.789. The first kappa shape index (κ1) is 21.2. The lowest BCUT2D eigenvalue weighted by atomic mass is 10.1. The van der Waals surface area contributed by atoms with Crippen molar-refractivity contribution in [3.63, 3.8) is 0 Å². The predicted octanol–water partition coefficient (Wildman–Crippen LogP) is 2.40. The van der Waals surface area contributed by atoms with Crippen LogP contribution in [0.4, 0.5) is 11.4 Å². The van der Waals surface area contributed by atoms with Gasteiger partial charge < -0.3 is 24.6 Å². The van der Waals surface area contributed by atoms with E-state index in [1.165, 1.54) is 12.0 Å². The summed E-state index contributed by atoms with van der Waals surface area (Å²) >= 11 is 0. The number of hydrogen-bond donors (Lipinski definition) is 1. The molecule has 0 aromatic heterocycles. The Balaban J connectivity index is 1.71. The molecule has 2 aromatic carbocycles. The van der Waals surface area contributed by atoms with Gasteiger partial charge in [0.25, 0.3) is 5.91 Å². The number of anilines is 2. The maximum absolute atomic E-state index is 12.7. The summed E-state index contributed by atoms with van der Waals surface area (Å²) in [4.78, 5) is 40.3. The van der Waals surface area contributed by atoms with Gasteiger partial charge >= 0.3 is 0 Å². The summed E-state index contributed by atoms with van der Waals surface area (Å²) in [6, 6.07) is 11.9. The monoisotopic (exact) mass is 411 g/mol. The van der Waals surface area contributed by atoms with Gasteiger partial charge in [-0.3, -0.25) is 14.4 Å². The number of nitrogens with one attached hydrogen (secondary N) is 1. The van der Waals surface area contributed by atoms with Crippen LogP contribution in [-0.2, 0) is 9.59 Å². The smallest absolute Gasteiger partial charge is 0.253 e. The Morgan fingerprint density at radius 1 is 1.07 bits per heavy atom. The molecule has 2 aromatic rings. The summed E-state index contributed by atoms with van der Waals surface area (Å²) < 4.78 is 10.6. The molecule has 0 saturated carbocycles. The molecule has 0 bridgehead atoms. The summed E-state index contributed by atoms with van der Waals surface area (Å²) in [6.45, 7) is 0.241. The van der Waals surface area contributed by atoms with Gasteiger partial charge in [0, 0.05) is 44.4 Å². The normalized spacial score (nSPS) is 15.7. The van der Waals surface area contributed by atoms with Crippen molar-refractivity contribution in [1.29, 1.82) is 0 Å². The Labute approximate surface area is 175 Å². The van der Waals surface area contributed by atoms with Crippen molar-refractivity contribution in [3.8, 4) is 11.5 Å². The first-order valence-corrected chi connectivity index (χ1v) is 9.49. The van der Waals surface area contributed by atoms with E-state index >= 15 is 0 Å². The molecule has 0 aliphatic carbocycles. The van der Waals surface area contributed by atoms with Crippen molar-refractivity contribution in [3.05, 3.63) is 48.0 Å². The van der Waals surface area contributed by atoms with E-state index in [0.717, 1.165) is 0 Å². The summed E-state index contributed by atoms with van der Waals surface area (Å²) in [5, 5.41) is 2.82. The van der Waals surface area contributed by atoms with E-state index in [-0.39, 0.29) is 30.7 Å². The van der Waals surface area contributed by atoms with Gasteiger partial charge in [0.05, 0.1) is 25.8 Å². The number of rotatable bonds is 6. The Bertz CT molecular complexity index is 956. The number of methoxy groups -OCH3 is 2. The first-order valence-electron chi connectivity index (χ1n) is 9.49. The zero-order chi connectivity index (χ0) is 21.8. The lowest BCUT2D eigenvalue weighted by molar-refractivity contribution is -0.122. The summed E-state index contributed by atoms with van der Waals surface area (Å²) in [6.07, 6.45) is 0.101. The molecular weight excluding hydrogens is 386 g/mol. The van der Waals surface area contributed by atoms with Crippen molar-refractivity contribution >= 4 is 29.1 Å². The third kappa shape index (κ3) is 4.37. The molecule has 1 aliphatic heterocycles. The van der Waals surface area contributed by atoms with Crippen LogP contribution < -0.4 is 19.7 Å². The lowest BCUT2D eigenvalue weighted by Crippen LogP contribution is -2.28. The average molecular weight is 411 g/mol. The number of ether oxygens (including phenoxy) is 2. The number of benzene rings is 2. The Morgan fingerprint density at radius 2 is 1.77 bits per heavy atom. The van der Waals surface area contributed by atoms with Crippen LogP contribution in [0.2, 0.25) is 0 Å². The van der Waals surface area contributed by atoms with Crippen molar-refractivity contribution in [1.82, 2.24) is 4.90 Å². The van der Waals surface area contributed by atoms with Crippen LogP contribution >= 0.6 is 0 Å². The van der Waals surface area contributed by atoms with E-state index in [1.807, 2.05) is 0 Å². The summed E-state index contributed by atoms with van der Waals surface area (Å²) in [5.41, 5.74) is 1.68. The van der Waals surface area contributed by atoms with E-state index < -0.39 is 5.92 Å². The number of carbonyl (C=O) groups excluding carboxylic acids is 3. The number of carbonyl (C=O) groups is 3. The summed E-state index contributed by atoms with van der Waals surface area (Å²) in [7, 11) is 6.43. The second-order valence-electron chi connectivity index (χ2n) is 7.21. The van der Waals surface area contributed by atoms with Crippen LogP contribution in [0.25, 0.3) is 0 Å². The van der Waals surface area contributed by atoms with E-state index in [0.29, 0.717) is 28.4 Å². The molecule has 1 fully saturated rings. The standard InChI is InChI=1S/C22H25N3O5/c1-24(2)22(28)14-5-7-16(8-6-14)23-21(27)15-11-20(26)25(13-15)18-12-17(29-3)9-10-19(18)30-4/h5-10,12,15H,11,13H2,1-4H3,(H,23,27)/t15-/m1/s1. The molecule has 1 heterocycles. The molecule has 1 N–H and O–H groups in total. The van der Waals surface area contributed by atoms with Crippen molar-refractivity contribution in [2.24, 2.45) is 5.92 Å². The SMILES string of the molecule is COc1ccc(OC)c(N2C[C@H](C(=O)Nc3ccc(C(=O)N(C)C)cc3)CC2=O)c1. The van der Waals surface area contributed by atoms with Crippen LogP contribution in [0.15, 0.2) is 42.5 Å². The maximum Gasteiger partial charge on any atom is 0.253 e. The molecule has 1 aliphatic rings. The minimum Gasteiger partial charge on any atom is -0.497 e. The van der Waals surface area contributed by atoms with Gasteiger partial charge in [0.2, 0.25) is 11.8 Å². The molecule has 3 amide bonds. The number of amides is 3. The van der Waals surface area contributed by atoms with Gasteiger partial charge in [-0.1, -0.05) is 0 Å². The highest BCUT2D eigenvalue weighted by molar-refractivity contribution is 6.04.